The van der Waals surface area contributed by atoms with Gasteiger partial charge in [0.1, 0.15) is 6.04 Å². The van der Waals surface area contributed by atoms with Gasteiger partial charge in [0.15, 0.2) is 0 Å². The summed E-state index contributed by atoms with van der Waals surface area (Å²) in [6, 6.07) is -0.924. The van der Waals surface area contributed by atoms with E-state index in [0.717, 1.165) is 4.90 Å². The van der Waals surface area contributed by atoms with Crippen LogP contribution in [0, 0.1) is 5.92 Å². The highest BCUT2D eigenvalue weighted by Gasteiger charge is 2.36. The maximum atomic E-state index is 11.8. The molecule has 1 heterocycles. The lowest BCUT2D eigenvalue weighted by Gasteiger charge is -2.35. The number of rotatable bonds is 3. The highest BCUT2D eigenvalue weighted by molar-refractivity contribution is 7.90. The molecule has 0 aromatic carbocycles. The van der Waals surface area contributed by atoms with E-state index >= 15 is 0 Å². The smallest absolute Gasteiger partial charge is 0.407 e. The molecule has 1 rings (SSSR count). The summed E-state index contributed by atoms with van der Waals surface area (Å²) in [5.74, 6) is -0.778. The fourth-order valence-corrected chi connectivity index (χ4v) is 2.50. The molecule has 104 valence electrons. The molecule has 0 aromatic rings. The van der Waals surface area contributed by atoms with E-state index in [0.29, 0.717) is 12.8 Å². The van der Waals surface area contributed by atoms with Gasteiger partial charge in [-0.25, -0.2) is 13.2 Å². The van der Waals surface area contributed by atoms with Crippen LogP contribution in [0.15, 0.2) is 0 Å². The van der Waals surface area contributed by atoms with Gasteiger partial charge in [-0.15, -0.1) is 0 Å². The summed E-state index contributed by atoms with van der Waals surface area (Å²) in [4.78, 5) is 23.8. The summed E-state index contributed by atoms with van der Waals surface area (Å²) >= 11 is 0. The molecule has 0 aliphatic carbocycles. The molecule has 2 amide bonds. The number of amides is 2. The summed E-state index contributed by atoms with van der Waals surface area (Å²) < 4.78 is 24.5. The Morgan fingerprint density at radius 2 is 2.06 bits per heavy atom. The van der Waals surface area contributed by atoms with Gasteiger partial charge in [-0.1, -0.05) is 6.92 Å². The summed E-state index contributed by atoms with van der Waals surface area (Å²) in [7, 11) is -3.65. The van der Waals surface area contributed by atoms with Crippen molar-refractivity contribution in [3.05, 3.63) is 0 Å². The van der Waals surface area contributed by atoms with Crippen molar-refractivity contribution in [2.75, 3.05) is 12.3 Å². The fourth-order valence-electron chi connectivity index (χ4n) is 1.91. The van der Waals surface area contributed by atoms with Crippen molar-refractivity contribution in [1.29, 1.82) is 0 Å². The molecule has 0 spiro atoms. The van der Waals surface area contributed by atoms with Gasteiger partial charge in [-0.05, 0) is 25.7 Å². The van der Waals surface area contributed by atoms with Gasteiger partial charge >= 0.3 is 6.09 Å². The molecular formula is C10H18N2O5S. The number of carboxylic acid groups (broad SMARTS) is 1. The Morgan fingerprint density at radius 3 is 2.56 bits per heavy atom. The Labute approximate surface area is 106 Å². The molecule has 1 fully saturated rings. The molecule has 2 N–H and O–H groups in total. The van der Waals surface area contributed by atoms with E-state index in [1.54, 1.807) is 0 Å². The number of carbonyl (C=O) groups excluding carboxylic acids is 1. The van der Waals surface area contributed by atoms with Crippen molar-refractivity contribution in [3.8, 4) is 0 Å². The number of nitrogens with zero attached hydrogens (tertiary/aromatic N) is 1. The zero-order chi connectivity index (χ0) is 13.9. The van der Waals surface area contributed by atoms with Crippen LogP contribution in [0.25, 0.3) is 0 Å². The Kier molecular flexibility index (Phi) is 4.55. The van der Waals surface area contributed by atoms with Crippen LogP contribution in [0.3, 0.4) is 0 Å². The molecular weight excluding hydrogens is 260 g/mol. The Balaban J connectivity index is 2.82. The van der Waals surface area contributed by atoms with Crippen LogP contribution in [0.1, 0.15) is 26.7 Å². The molecule has 2 atom stereocenters. The third kappa shape index (κ3) is 3.59. The summed E-state index contributed by atoms with van der Waals surface area (Å²) in [5, 5.41) is 9.00. The minimum atomic E-state index is -3.65. The molecule has 8 heteroatoms. The predicted molar refractivity (Wildman–Crippen MR) is 64.5 cm³/mol. The van der Waals surface area contributed by atoms with Gasteiger partial charge in [0, 0.05) is 6.54 Å². The van der Waals surface area contributed by atoms with Crippen LogP contribution >= 0.6 is 0 Å². The number of hydrogen-bond acceptors (Lipinski definition) is 4. The van der Waals surface area contributed by atoms with E-state index in [1.807, 2.05) is 11.6 Å². The lowest BCUT2D eigenvalue weighted by Crippen LogP contribution is -2.54. The van der Waals surface area contributed by atoms with E-state index in [1.165, 1.54) is 6.92 Å². The first-order valence-corrected chi connectivity index (χ1v) is 7.46. The van der Waals surface area contributed by atoms with Crippen molar-refractivity contribution >= 4 is 22.0 Å². The second-order valence-corrected chi connectivity index (χ2v) is 6.50. The largest absolute Gasteiger partial charge is 0.465 e. The van der Waals surface area contributed by atoms with Crippen molar-refractivity contribution in [3.63, 3.8) is 0 Å². The molecule has 0 unspecified atom stereocenters. The monoisotopic (exact) mass is 278 g/mol. The van der Waals surface area contributed by atoms with Crippen molar-refractivity contribution in [2.45, 2.75) is 32.7 Å². The molecule has 0 radical (unpaired) electrons. The zero-order valence-corrected chi connectivity index (χ0v) is 11.2. The number of piperidine rings is 1. The molecule has 0 aromatic heterocycles. The highest BCUT2D eigenvalue weighted by Crippen LogP contribution is 2.22. The lowest BCUT2D eigenvalue weighted by atomic mass is 9.92. The van der Waals surface area contributed by atoms with E-state index in [4.69, 9.17) is 5.11 Å². The molecule has 1 aliphatic heterocycles. The fraction of sp³-hybridized carbons (Fsp3) is 0.800. The van der Waals surface area contributed by atoms with Crippen LogP contribution in [0.5, 0.6) is 0 Å². The minimum Gasteiger partial charge on any atom is -0.465 e. The lowest BCUT2D eigenvalue weighted by molar-refractivity contribution is -0.125. The van der Waals surface area contributed by atoms with E-state index in [2.05, 4.69) is 0 Å². The first-order valence-electron chi connectivity index (χ1n) is 5.80. The van der Waals surface area contributed by atoms with Crippen LogP contribution in [-0.2, 0) is 14.8 Å². The van der Waals surface area contributed by atoms with Gasteiger partial charge in [-0.3, -0.25) is 14.4 Å². The van der Waals surface area contributed by atoms with Crippen LogP contribution < -0.4 is 4.72 Å². The first kappa shape index (κ1) is 14.7. The molecule has 0 bridgehead atoms. The molecule has 18 heavy (non-hydrogen) atoms. The summed E-state index contributed by atoms with van der Waals surface area (Å²) in [5.41, 5.74) is 0. The standard InChI is InChI=1S/C10H18N2O5S/c1-3-18(16,17)11-9(13)8-6-7(2)4-5-12(8)10(14)15/h7-8H,3-6H2,1-2H3,(H,11,13)(H,14,15)/t7-,8-/m1/s1. The van der Waals surface area contributed by atoms with Crippen molar-refractivity contribution < 1.29 is 23.1 Å². The first-order chi connectivity index (χ1) is 8.26. The third-order valence-electron chi connectivity index (χ3n) is 3.05. The predicted octanol–water partition coefficient (Wildman–Crippen LogP) is 0.231. The quantitative estimate of drug-likeness (QED) is 0.769. The van der Waals surface area contributed by atoms with Gasteiger partial charge in [0.2, 0.25) is 10.0 Å². The summed E-state index contributed by atoms with van der Waals surface area (Å²) in [6.45, 7) is 3.57. The maximum absolute atomic E-state index is 11.8. The van der Waals surface area contributed by atoms with Crippen molar-refractivity contribution in [2.24, 2.45) is 5.92 Å². The number of sulfonamides is 1. The van der Waals surface area contributed by atoms with Crippen LogP contribution in [0.2, 0.25) is 0 Å². The molecule has 0 saturated carbocycles. The average Bonchev–Trinajstić information content (AvgIpc) is 2.28. The second kappa shape index (κ2) is 5.55. The minimum absolute atomic E-state index is 0.195. The zero-order valence-electron chi connectivity index (χ0n) is 10.4. The summed E-state index contributed by atoms with van der Waals surface area (Å²) in [6.07, 6.45) is -0.176. The normalized spacial score (nSPS) is 24.7. The number of nitrogens with one attached hydrogen (secondary N) is 1. The number of hydrogen-bond donors (Lipinski definition) is 2. The van der Waals surface area contributed by atoms with E-state index in [9.17, 15) is 18.0 Å². The Hall–Kier alpha value is -1.31. The number of carbonyl (C=O) groups is 2. The van der Waals surface area contributed by atoms with Gasteiger partial charge < -0.3 is 5.11 Å². The second-order valence-electron chi connectivity index (χ2n) is 4.49. The maximum Gasteiger partial charge on any atom is 0.407 e. The highest BCUT2D eigenvalue weighted by atomic mass is 32.2. The van der Waals surface area contributed by atoms with Crippen molar-refractivity contribution in [1.82, 2.24) is 9.62 Å². The van der Waals surface area contributed by atoms with Gasteiger partial charge in [-0.2, -0.15) is 0 Å². The van der Waals surface area contributed by atoms with Gasteiger partial charge in [0.25, 0.3) is 5.91 Å². The Bertz CT molecular complexity index is 434. The Morgan fingerprint density at radius 1 is 1.44 bits per heavy atom. The topological polar surface area (TPSA) is 104 Å². The van der Waals surface area contributed by atoms with E-state index < -0.39 is 28.1 Å². The van der Waals surface area contributed by atoms with Gasteiger partial charge in [0.05, 0.1) is 5.75 Å². The number of likely N-dealkylation sites (tertiary alicyclic amines) is 1. The molecule has 1 saturated heterocycles. The average molecular weight is 278 g/mol. The van der Waals surface area contributed by atoms with E-state index in [-0.39, 0.29) is 18.2 Å². The van der Waals surface area contributed by atoms with Crippen LogP contribution in [0.4, 0.5) is 4.79 Å². The third-order valence-corrected chi connectivity index (χ3v) is 4.32. The van der Waals surface area contributed by atoms with Crippen LogP contribution in [-0.4, -0.2) is 48.8 Å². The SMILES string of the molecule is CCS(=O)(=O)NC(=O)[C@H]1C[C@H](C)CCN1C(=O)O. The molecule has 7 nitrogen and oxygen atoms in total. The molecule has 1 aliphatic rings.